The van der Waals surface area contributed by atoms with Crippen molar-refractivity contribution >= 4 is 27.4 Å². The first-order chi connectivity index (χ1) is 15.0. The van der Waals surface area contributed by atoms with Gasteiger partial charge in [0.05, 0.1) is 29.7 Å². The molecule has 3 aromatic rings. The highest BCUT2D eigenvalue weighted by molar-refractivity contribution is 7.93. The van der Waals surface area contributed by atoms with Gasteiger partial charge in [-0.15, -0.1) is 0 Å². The normalized spacial score (nSPS) is 14.2. The maximum absolute atomic E-state index is 13.3. The van der Waals surface area contributed by atoms with E-state index >= 15 is 0 Å². The summed E-state index contributed by atoms with van der Waals surface area (Å²) in [4.78, 5) is 27.8. The fourth-order valence-electron chi connectivity index (χ4n) is 2.73. The largest absolute Gasteiger partial charge is 0.433 e. The van der Waals surface area contributed by atoms with Gasteiger partial charge in [-0.1, -0.05) is 0 Å². The molecule has 3 heterocycles. The summed E-state index contributed by atoms with van der Waals surface area (Å²) >= 11 is 0. The maximum atomic E-state index is 13.3. The van der Waals surface area contributed by atoms with Crippen molar-refractivity contribution in [3.8, 4) is 11.5 Å². The van der Waals surface area contributed by atoms with E-state index in [0.717, 1.165) is 0 Å². The monoisotopic (exact) mass is 467 g/mol. The molecule has 2 N–H and O–H groups in total. The Labute approximate surface area is 180 Å². The average molecular weight is 467 g/mol. The number of carbonyl (C=O) groups is 1. The van der Waals surface area contributed by atoms with Crippen LogP contribution in [0.5, 0.6) is 0 Å². The van der Waals surface area contributed by atoms with E-state index in [1.807, 2.05) is 0 Å². The van der Waals surface area contributed by atoms with Gasteiger partial charge >= 0.3 is 6.18 Å². The number of rotatable bonds is 6. The molecule has 4 rings (SSSR count). The molecule has 3 aromatic heterocycles. The summed E-state index contributed by atoms with van der Waals surface area (Å²) in [7, 11) is -1.95. The number of anilines is 2. The minimum atomic E-state index is -4.80. The summed E-state index contributed by atoms with van der Waals surface area (Å²) < 4.78 is 67.6. The summed E-state index contributed by atoms with van der Waals surface area (Å²) in [6.45, 7) is 0. The topological polar surface area (TPSA) is 132 Å². The van der Waals surface area contributed by atoms with E-state index in [9.17, 15) is 26.4 Å². The van der Waals surface area contributed by atoms with Crippen molar-refractivity contribution in [2.24, 2.45) is 7.05 Å². The van der Waals surface area contributed by atoms with E-state index in [1.54, 1.807) is 7.05 Å². The molecule has 0 aromatic carbocycles. The van der Waals surface area contributed by atoms with Gasteiger partial charge in [0.15, 0.2) is 5.82 Å². The molecule has 1 fully saturated rings. The molecule has 0 saturated heterocycles. The first-order valence-electron chi connectivity index (χ1n) is 9.25. The number of pyridine rings is 1. The molecular weight excluding hydrogens is 451 g/mol. The number of sulfonamides is 1. The molecule has 0 unspecified atom stereocenters. The van der Waals surface area contributed by atoms with Crippen LogP contribution in [0, 0.1) is 0 Å². The predicted octanol–water partition coefficient (Wildman–Crippen LogP) is 2.45. The van der Waals surface area contributed by atoms with Gasteiger partial charge in [0.2, 0.25) is 10.0 Å². The van der Waals surface area contributed by atoms with Crippen LogP contribution in [0.4, 0.5) is 24.7 Å². The summed E-state index contributed by atoms with van der Waals surface area (Å²) in [6, 6.07) is 3.24. The Morgan fingerprint density at radius 3 is 2.50 bits per heavy atom. The van der Waals surface area contributed by atoms with Crippen molar-refractivity contribution in [2.75, 3.05) is 10.0 Å². The third-order valence-corrected chi connectivity index (χ3v) is 6.37. The molecule has 1 amide bonds. The molecule has 168 valence electrons. The zero-order valence-electron chi connectivity index (χ0n) is 16.5. The van der Waals surface area contributed by atoms with Crippen molar-refractivity contribution < 1.29 is 26.4 Å². The number of nitrogens with zero attached hydrogens (tertiary/aromatic N) is 5. The van der Waals surface area contributed by atoms with Crippen molar-refractivity contribution in [2.45, 2.75) is 24.3 Å². The van der Waals surface area contributed by atoms with E-state index in [4.69, 9.17) is 0 Å². The second kappa shape index (κ2) is 7.85. The number of nitrogens with one attached hydrogen (secondary N) is 2. The van der Waals surface area contributed by atoms with Crippen LogP contribution in [0.1, 0.15) is 29.0 Å². The minimum absolute atomic E-state index is 0.0646. The Bertz CT molecular complexity index is 1270. The molecule has 0 bridgehead atoms. The van der Waals surface area contributed by atoms with E-state index in [1.165, 1.54) is 35.4 Å². The van der Waals surface area contributed by atoms with E-state index < -0.39 is 38.7 Å². The molecular formula is C18H16F3N7O3S. The standard InChI is InChI=1S/C18H16F3N7O3S/c1-28-9-22-8-13(28)16-25-12(6-14(26-16)18(19,20)21)17(29)24-10-2-5-15(23-7-10)27-32(30,31)11-3-4-11/h2,5-9,11H,3-4H2,1H3,(H,23,27)(H,24,29). The Balaban J connectivity index is 1.57. The summed E-state index contributed by atoms with van der Waals surface area (Å²) in [5, 5.41) is 1.96. The average Bonchev–Trinajstić information content (AvgIpc) is 3.51. The molecule has 14 heteroatoms. The Morgan fingerprint density at radius 1 is 1.19 bits per heavy atom. The van der Waals surface area contributed by atoms with Crippen molar-refractivity contribution in [1.82, 2.24) is 24.5 Å². The third-order valence-electron chi connectivity index (χ3n) is 4.53. The number of aromatic nitrogens is 5. The lowest BCUT2D eigenvalue weighted by molar-refractivity contribution is -0.141. The van der Waals surface area contributed by atoms with Gasteiger partial charge in [-0.3, -0.25) is 9.52 Å². The molecule has 0 spiro atoms. The molecule has 1 saturated carbocycles. The highest BCUT2D eigenvalue weighted by Crippen LogP contribution is 2.30. The lowest BCUT2D eigenvalue weighted by Crippen LogP contribution is -2.19. The van der Waals surface area contributed by atoms with Crippen molar-refractivity contribution in [3.05, 3.63) is 48.3 Å². The van der Waals surface area contributed by atoms with Gasteiger partial charge in [0.25, 0.3) is 5.91 Å². The van der Waals surface area contributed by atoms with Gasteiger partial charge in [0.1, 0.15) is 22.9 Å². The Morgan fingerprint density at radius 2 is 1.94 bits per heavy atom. The number of imidazole rings is 1. The number of hydrogen-bond acceptors (Lipinski definition) is 7. The molecule has 1 aliphatic rings. The fourth-order valence-corrected chi connectivity index (χ4v) is 4.06. The first-order valence-corrected chi connectivity index (χ1v) is 10.8. The third kappa shape index (κ3) is 4.69. The number of halogens is 3. The van der Waals surface area contributed by atoms with Gasteiger partial charge in [0, 0.05) is 13.1 Å². The van der Waals surface area contributed by atoms with Gasteiger partial charge in [-0.05, 0) is 25.0 Å². The lowest BCUT2D eigenvalue weighted by atomic mass is 10.2. The predicted molar refractivity (Wildman–Crippen MR) is 107 cm³/mol. The Kier molecular flexibility index (Phi) is 5.32. The van der Waals surface area contributed by atoms with Crippen LogP contribution in [-0.2, 0) is 23.2 Å². The zero-order valence-corrected chi connectivity index (χ0v) is 17.3. The van der Waals surface area contributed by atoms with Crippen molar-refractivity contribution in [1.29, 1.82) is 0 Å². The number of aryl methyl sites for hydroxylation is 1. The Hall–Kier alpha value is -3.55. The molecule has 0 aliphatic heterocycles. The van der Waals surface area contributed by atoms with Crippen LogP contribution in [-0.4, -0.2) is 44.1 Å². The smallest absolute Gasteiger partial charge is 0.331 e. The van der Waals surface area contributed by atoms with E-state index in [-0.39, 0.29) is 23.0 Å². The molecule has 10 nitrogen and oxygen atoms in total. The number of carbonyl (C=O) groups excluding carboxylic acids is 1. The van der Waals surface area contributed by atoms with E-state index in [0.29, 0.717) is 18.9 Å². The van der Waals surface area contributed by atoms with Gasteiger partial charge in [-0.2, -0.15) is 13.2 Å². The number of hydrogen-bond donors (Lipinski definition) is 2. The summed E-state index contributed by atoms with van der Waals surface area (Å²) in [6.07, 6.45) is 0.196. The van der Waals surface area contributed by atoms with Crippen LogP contribution in [0.15, 0.2) is 36.9 Å². The first kappa shape index (κ1) is 21.7. The zero-order chi connectivity index (χ0) is 23.1. The quantitative estimate of drug-likeness (QED) is 0.569. The van der Waals surface area contributed by atoms with Gasteiger partial charge in [-0.25, -0.2) is 28.4 Å². The number of alkyl halides is 3. The fraction of sp³-hybridized carbons (Fsp3) is 0.278. The highest BCUT2D eigenvalue weighted by atomic mass is 32.2. The highest BCUT2D eigenvalue weighted by Gasteiger charge is 2.36. The second-order valence-electron chi connectivity index (χ2n) is 7.08. The number of amides is 1. The molecule has 32 heavy (non-hydrogen) atoms. The van der Waals surface area contributed by atoms with E-state index in [2.05, 4.69) is 30.0 Å². The molecule has 1 aliphatic carbocycles. The van der Waals surface area contributed by atoms with Crippen LogP contribution in [0.3, 0.4) is 0 Å². The van der Waals surface area contributed by atoms with Crippen LogP contribution in [0.2, 0.25) is 0 Å². The summed E-state index contributed by atoms with van der Waals surface area (Å²) in [5.74, 6) is -1.17. The summed E-state index contributed by atoms with van der Waals surface area (Å²) in [5.41, 5.74) is -1.46. The second-order valence-corrected chi connectivity index (χ2v) is 9.04. The van der Waals surface area contributed by atoms with Gasteiger partial charge < -0.3 is 9.88 Å². The maximum Gasteiger partial charge on any atom is 0.433 e. The van der Waals surface area contributed by atoms with Crippen LogP contribution >= 0.6 is 0 Å². The SMILES string of the molecule is Cn1cncc1-c1nc(C(=O)Nc2ccc(NS(=O)(=O)C3CC3)nc2)cc(C(F)(F)F)n1. The molecule has 0 radical (unpaired) electrons. The minimum Gasteiger partial charge on any atom is -0.331 e. The van der Waals surface area contributed by atoms with Crippen LogP contribution < -0.4 is 10.0 Å². The van der Waals surface area contributed by atoms with Crippen LogP contribution in [0.25, 0.3) is 11.5 Å². The lowest BCUT2D eigenvalue weighted by Gasteiger charge is -2.11. The molecule has 0 atom stereocenters. The van der Waals surface area contributed by atoms with Crippen molar-refractivity contribution in [3.63, 3.8) is 0 Å².